The summed E-state index contributed by atoms with van der Waals surface area (Å²) in [5.74, 6) is -8.50. The van der Waals surface area contributed by atoms with E-state index in [-0.39, 0.29) is 11.3 Å². The molecule has 0 heterocycles. The van der Waals surface area contributed by atoms with Crippen LogP contribution in [0.2, 0.25) is 0 Å². The topological polar surface area (TPSA) is 178 Å². The second-order valence-electron chi connectivity index (χ2n) is 10.7. The standard InChI is InChI=1S/C29H29NO8/c1-11(2)13-4-6-14(7-5-13)15-8-9-17(31)21-19(15)12(3)20-23(25(21)34)27(36)29(38)16(24(20)33)10-18(32)22(26(29)35)28(30)37/h4-9,11-12,16,20,24,31-33,36,38H,10H2,1-3H3,(H2,30,37)/t12-,16+,20+,24+,29+/m0/s1. The summed E-state index contributed by atoms with van der Waals surface area (Å²) in [5.41, 5.74) is 3.96. The molecular weight excluding hydrogens is 490 g/mol. The van der Waals surface area contributed by atoms with Gasteiger partial charge in [-0.25, -0.2) is 0 Å². The number of phenols is 1. The number of rotatable bonds is 3. The van der Waals surface area contributed by atoms with Crippen LogP contribution in [0.15, 0.2) is 59.1 Å². The first-order valence-corrected chi connectivity index (χ1v) is 12.4. The summed E-state index contributed by atoms with van der Waals surface area (Å²) in [6, 6.07) is 10.8. The SMILES string of the molecule is CC(C)c1ccc(-c2ccc(O)c3c2[C@H](C)[C@@H]2C(=C(O)[C@]4(O)C(=O)C(C(N)=O)=C(O)C[C@@H]4[C@H]2O)C3=O)cc1. The first kappa shape index (κ1) is 25.7. The number of fused-ring (bicyclic) bond motifs is 3. The lowest BCUT2D eigenvalue weighted by Crippen LogP contribution is -2.62. The van der Waals surface area contributed by atoms with Crippen LogP contribution < -0.4 is 5.73 Å². The molecule has 5 rings (SSSR count). The van der Waals surface area contributed by atoms with Gasteiger partial charge in [-0.3, -0.25) is 14.4 Å². The number of carbonyl (C=O) groups excluding carboxylic acids is 3. The Bertz CT molecular complexity index is 1470. The summed E-state index contributed by atoms with van der Waals surface area (Å²) < 4.78 is 0. The van der Waals surface area contributed by atoms with E-state index < -0.39 is 76.0 Å². The van der Waals surface area contributed by atoms with E-state index in [2.05, 4.69) is 13.8 Å². The van der Waals surface area contributed by atoms with Gasteiger partial charge in [0.15, 0.2) is 11.4 Å². The van der Waals surface area contributed by atoms with Gasteiger partial charge in [0.2, 0.25) is 5.78 Å². The Morgan fingerprint density at radius 1 is 1.05 bits per heavy atom. The Kier molecular flexibility index (Phi) is 5.77. The number of primary amides is 1. The van der Waals surface area contributed by atoms with Gasteiger partial charge in [0, 0.05) is 23.8 Å². The molecule has 0 unspecified atom stereocenters. The highest BCUT2D eigenvalue weighted by Crippen LogP contribution is 2.56. The van der Waals surface area contributed by atoms with Crippen LogP contribution in [0.25, 0.3) is 11.1 Å². The summed E-state index contributed by atoms with van der Waals surface area (Å²) in [6.45, 7) is 5.86. The van der Waals surface area contributed by atoms with Crippen LogP contribution in [0.4, 0.5) is 0 Å². The summed E-state index contributed by atoms with van der Waals surface area (Å²) >= 11 is 0. The van der Waals surface area contributed by atoms with Crippen molar-refractivity contribution in [2.45, 2.75) is 50.7 Å². The second kappa shape index (κ2) is 8.54. The van der Waals surface area contributed by atoms with Crippen molar-refractivity contribution in [3.8, 4) is 16.9 Å². The number of allylic oxidation sites excluding steroid dienone is 1. The molecule has 0 bridgehead atoms. The summed E-state index contributed by atoms with van der Waals surface area (Å²) in [6.07, 6.45) is -2.09. The maximum Gasteiger partial charge on any atom is 0.255 e. The average Bonchev–Trinajstić information content (AvgIpc) is 2.86. The lowest BCUT2D eigenvalue weighted by Gasteiger charge is -2.50. The van der Waals surface area contributed by atoms with E-state index in [0.29, 0.717) is 17.0 Å². The number of aliphatic hydroxyl groups is 4. The van der Waals surface area contributed by atoms with Gasteiger partial charge in [-0.2, -0.15) is 0 Å². The minimum Gasteiger partial charge on any atom is -0.511 e. The van der Waals surface area contributed by atoms with Crippen LogP contribution in [0.5, 0.6) is 5.75 Å². The molecule has 198 valence electrons. The molecule has 1 amide bonds. The van der Waals surface area contributed by atoms with Gasteiger partial charge in [0.05, 0.1) is 11.7 Å². The van der Waals surface area contributed by atoms with Crippen LogP contribution in [0, 0.1) is 11.8 Å². The van der Waals surface area contributed by atoms with E-state index in [1.54, 1.807) is 13.0 Å². The summed E-state index contributed by atoms with van der Waals surface area (Å²) in [5, 5.41) is 55.2. The number of carbonyl (C=O) groups is 3. The average molecular weight is 520 g/mol. The molecule has 0 fully saturated rings. The van der Waals surface area contributed by atoms with E-state index >= 15 is 0 Å². The van der Waals surface area contributed by atoms with Crippen LogP contribution in [-0.2, 0) is 9.59 Å². The third-order valence-electron chi connectivity index (χ3n) is 8.37. The molecule has 38 heavy (non-hydrogen) atoms. The number of nitrogens with two attached hydrogens (primary N) is 1. The molecule has 5 atom stereocenters. The highest BCUT2D eigenvalue weighted by atomic mass is 16.4. The van der Waals surface area contributed by atoms with E-state index in [9.17, 15) is 39.9 Å². The zero-order valence-electron chi connectivity index (χ0n) is 21.1. The molecule has 0 spiro atoms. The molecule has 7 N–H and O–H groups in total. The molecule has 9 heteroatoms. The Hall–Kier alpha value is -3.95. The number of hydrogen-bond acceptors (Lipinski definition) is 8. The fourth-order valence-corrected chi connectivity index (χ4v) is 6.38. The van der Waals surface area contributed by atoms with Gasteiger partial charge in [-0.1, -0.05) is 51.1 Å². The number of ketones is 2. The van der Waals surface area contributed by atoms with Crippen molar-refractivity contribution in [3.05, 3.63) is 75.8 Å². The quantitative estimate of drug-likeness (QED) is 0.335. The molecule has 9 nitrogen and oxygen atoms in total. The van der Waals surface area contributed by atoms with Crippen LogP contribution in [0.3, 0.4) is 0 Å². The number of hydrogen-bond donors (Lipinski definition) is 6. The molecular formula is C29H29NO8. The molecule has 0 saturated carbocycles. The smallest absolute Gasteiger partial charge is 0.255 e. The van der Waals surface area contributed by atoms with E-state index in [1.165, 1.54) is 6.07 Å². The summed E-state index contributed by atoms with van der Waals surface area (Å²) in [7, 11) is 0. The number of Topliss-reactive ketones (excluding diaryl/α,β-unsaturated/α-hetero) is 2. The third kappa shape index (κ3) is 3.28. The predicted octanol–water partition coefficient (Wildman–Crippen LogP) is 2.90. The first-order chi connectivity index (χ1) is 17.8. The number of benzene rings is 2. The van der Waals surface area contributed by atoms with Crippen LogP contribution in [-0.4, -0.2) is 54.7 Å². The van der Waals surface area contributed by atoms with Gasteiger partial charge >= 0.3 is 0 Å². The van der Waals surface area contributed by atoms with E-state index in [4.69, 9.17) is 5.73 Å². The molecule has 2 aromatic rings. The van der Waals surface area contributed by atoms with Gasteiger partial charge in [-0.15, -0.1) is 0 Å². The van der Waals surface area contributed by atoms with Crippen molar-refractivity contribution in [2.24, 2.45) is 17.6 Å². The molecule has 0 radical (unpaired) electrons. The van der Waals surface area contributed by atoms with Crippen molar-refractivity contribution in [1.29, 1.82) is 0 Å². The number of phenolic OH excluding ortho intramolecular Hbond substituents is 1. The fraction of sp³-hybridized carbons (Fsp3) is 0.345. The van der Waals surface area contributed by atoms with Crippen molar-refractivity contribution in [2.75, 3.05) is 0 Å². The first-order valence-electron chi connectivity index (χ1n) is 12.4. The Balaban J connectivity index is 1.73. The molecule has 2 aromatic carbocycles. The number of aliphatic hydroxyl groups excluding tert-OH is 3. The summed E-state index contributed by atoms with van der Waals surface area (Å²) in [4.78, 5) is 38.8. The zero-order chi connectivity index (χ0) is 27.8. The van der Waals surface area contributed by atoms with Gasteiger partial charge in [0.1, 0.15) is 22.8 Å². The van der Waals surface area contributed by atoms with E-state index in [1.807, 2.05) is 24.3 Å². The largest absolute Gasteiger partial charge is 0.511 e. The maximum atomic E-state index is 13.8. The van der Waals surface area contributed by atoms with Crippen molar-refractivity contribution in [1.82, 2.24) is 0 Å². The number of amides is 1. The minimum absolute atomic E-state index is 0.105. The van der Waals surface area contributed by atoms with Gasteiger partial charge in [0.25, 0.3) is 5.91 Å². The number of aromatic hydroxyl groups is 1. The second-order valence-corrected chi connectivity index (χ2v) is 10.7. The Morgan fingerprint density at radius 3 is 2.26 bits per heavy atom. The maximum absolute atomic E-state index is 13.8. The Labute approximate surface area is 218 Å². The molecule has 0 aromatic heterocycles. The molecule has 0 aliphatic heterocycles. The molecule has 3 aliphatic rings. The zero-order valence-corrected chi connectivity index (χ0v) is 21.1. The normalized spacial score (nSPS) is 28.8. The van der Waals surface area contributed by atoms with Crippen molar-refractivity contribution < 1.29 is 39.9 Å². The van der Waals surface area contributed by atoms with Crippen LogP contribution >= 0.6 is 0 Å². The molecule has 0 saturated heterocycles. The lowest BCUT2D eigenvalue weighted by atomic mass is 9.56. The Morgan fingerprint density at radius 2 is 1.68 bits per heavy atom. The molecule has 3 aliphatic carbocycles. The van der Waals surface area contributed by atoms with Gasteiger partial charge < -0.3 is 31.3 Å². The highest BCUT2D eigenvalue weighted by Gasteiger charge is 2.64. The van der Waals surface area contributed by atoms with Gasteiger partial charge in [-0.05, 0) is 40.2 Å². The van der Waals surface area contributed by atoms with Crippen molar-refractivity contribution in [3.63, 3.8) is 0 Å². The fourth-order valence-electron chi connectivity index (χ4n) is 6.38. The highest BCUT2D eigenvalue weighted by molar-refractivity contribution is 6.24. The monoisotopic (exact) mass is 519 g/mol. The predicted molar refractivity (Wildman–Crippen MR) is 136 cm³/mol. The third-order valence-corrected chi connectivity index (χ3v) is 8.37. The van der Waals surface area contributed by atoms with Crippen molar-refractivity contribution >= 4 is 17.5 Å². The van der Waals surface area contributed by atoms with Crippen LogP contribution in [0.1, 0.15) is 60.5 Å². The lowest BCUT2D eigenvalue weighted by molar-refractivity contribution is -0.154. The van der Waals surface area contributed by atoms with E-state index in [0.717, 1.165) is 11.1 Å². The minimum atomic E-state index is -2.85.